The zero-order valence-corrected chi connectivity index (χ0v) is 9.98. The van der Waals surface area contributed by atoms with E-state index in [1.165, 1.54) is 0 Å². The largest absolute Gasteiger partial charge is 0.478 e. The van der Waals surface area contributed by atoms with Gasteiger partial charge in [0, 0.05) is 11.6 Å². The SMILES string of the molecule is O=C(O)c1cccc(C(=O)NC2CC2)c1C1CC1. The van der Waals surface area contributed by atoms with E-state index in [-0.39, 0.29) is 23.4 Å². The molecule has 0 aromatic heterocycles. The van der Waals surface area contributed by atoms with Crippen LogP contribution in [0.2, 0.25) is 0 Å². The molecule has 2 N–H and O–H groups in total. The third-order valence-electron chi connectivity index (χ3n) is 3.48. The Morgan fingerprint density at radius 3 is 2.33 bits per heavy atom. The first-order chi connectivity index (χ1) is 8.66. The number of aromatic carboxylic acids is 1. The summed E-state index contributed by atoms with van der Waals surface area (Å²) in [5, 5.41) is 12.1. The Bertz CT molecular complexity index is 516. The predicted octanol–water partition coefficient (Wildman–Crippen LogP) is 2.15. The second kappa shape index (κ2) is 4.12. The molecule has 94 valence electrons. The van der Waals surface area contributed by atoms with Crippen LogP contribution in [-0.2, 0) is 0 Å². The lowest BCUT2D eigenvalue weighted by Gasteiger charge is -2.11. The van der Waals surface area contributed by atoms with Gasteiger partial charge in [-0.15, -0.1) is 0 Å². The molecule has 0 radical (unpaired) electrons. The van der Waals surface area contributed by atoms with Gasteiger partial charge in [0.15, 0.2) is 0 Å². The van der Waals surface area contributed by atoms with Crippen LogP contribution >= 0.6 is 0 Å². The topological polar surface area (TPSA) is 66.4 Å². The first-order valence-electron chi connectivity index (χ1n) is 6.34. The Morgan fingerprint density at radius 1 is 1.11 bits per heavy atom. The molecule has 0 bridgehead atoms. The van der Waals surface area contributed by atoms with Gasteiger partial charge in [-0.25, -0.2) is 4.79 Å². The maximum atomic E-state index is 12.1. The van der Waals surface area contributed by atoms with E-state index < -0.39 is 5.97 Å². The summed E-state index contributed by atoms with van der Waals surface area (Å²) < 4.78 is 0. The highest BCUT2D eigenvalue weighted by Gasteiger charge is 2.33. The van der Waals surface area contributed by atoms with Gasteiger partial charge in [0.2, 0.25) is 0 Å². The highest BCUT2D eigenvalue weighted by Crippen LogP contribution is 2.43. The molecule has 2 fully saturated rings. The minimum Gasteiger partial charge on any atom is -0.478 e. The summed E-state index contributed by atoms with van der Waals surface area (Å²) in [5.74, 6) is -0.822. The third-order valence-corrected chi connectivity index (χ3v) is 3.48. The quantitative estimate of drug-likeness (QED) is 0.854. The summed E-state index contributed by atoms with van der Waals surface area (Å²) in [7, 11) is 0. The molecule has 0 heterocycles. The minimum absolute atomic E-state index is 0.123. The molecule has 0 aliphatic heterocycles. The van der Waals surface area contributed by atoms with Crippen molar-refractivity contribution in [3.05, 3.63) is 34.9 Å². The van der Waals surface area contributed by atoms with E-state index in [9.17, 15) is 14.7 Å². The van der Waals surface area contributed by atoms with Crippen LogP contribution in [0.25, 0.3) is 0 Å². The monoisotopic (exact) mass is 245 g/mol. The van der Waals surface area contributed by atoms with Gasteiger partial charge in [-0.05, 0) is 49.3 Å². The number of amides is 1. The van der Waals surface area contributed by atoms with Gasteiger partial charge in [-0.1, -0.05) is 6.07 Å². The van der Waals surface area contributed by atoms with Crippen LogP contribution in [0.1, 0.15) is 57.9 Å². The van der Waals surface area contributed by atoms with E-state index >= 15 is 0 Å². The fourth-order valence-corrected chi connectivity index (χ4v) is 2.25. The van der Waals surface area contributed by atoms with Crippen molar-refractivity contribution < 1.29 is 14.7 Å². The Labute approximate surface area is 105 Å². The lowest BCUT2D eigenvalue weighted by molar-refractivity contribution is 0.0695. The second-order valence-corrected chi connectivity index (χ2v) is 5.09. The first-order valence-corrected chi connectivity index (χ1v) is 6.34. The number of nitrogens with one attached hydrogen (secondary N) is 1. The van der Waals surface area contributed by atoms with Crippen LogP contribution in [0.5, 0.6) is 0 Å². The minimum atomic E-state index is -0.946. The number of carbonyl (C=O) groups excluding carboxylic acids is 1. The Morgan fingerprint density at radius 2 is 1.78 bits per heavy atom. The van der Waals surface area contributed by atoms with E-state index in [1.54, 1.807) is 18.2 Å². The molecule has 0 spiro atoms. The van der Waals surface area contributed by atoms with Gasteiger partial charge in [-0.3, -0.25) is 4.79 Å². The van der Waals surface area contributed by atoms with Crippen LogP contribution in [0.3, 0.4) is 0 Å². The first kappa shape index (κ1) is 11.3. The van der Waals surface area contributed by atoms with Gasteiger partial charge in [-0.2, -0.15) is 0 Å². The molecule has 0 unspecified atom stereocenters. The molecule has 3 rings (SSSR count). The van der Waals surface area contributed by atoms with Crippen LogP contribution in [0, 0.1) is 0 Å². The third kappa shape index (κ3) is 2.10. The molecule has 18 heavy (non-hydrogen) atoms. The fraction of sp³-hybridized carbons (Fsp3) is 0.429. The normalized spacial score (nSPS) is 18.4. The number of carboxylic acids is 1. The van der Waals surface area contributed by atoms with Gasteiger partial charge in [0.05, 0.1) is 5.56 Å². The highest BCUT2D eigenvalue weighted by molar-refractivity contribution is 6.00. The van der Waals surface area contributed by atoms with Gasteiger partial charge < -0.3 is 10.4 Å². The average molecular weight is 245 g/mol. The number of hydrogen-bond donors (Lipinski definition) is 2. The molecular weight excluding hydrogens is 230 g/mol. The van der Waals surface area contributed by atoms with E-state index in [4.69, 9.17) is 0 Å². The lowest BCUT2D eigenvalue weighted by atomic mass is 9.96. The number of benzene rings is 1. The molecule has 1 aromatic rings. The zero-order valence-electron chi connectivity index (χ0n) is 9.98. The van der Waals surface area contributed by atoms with E-state index in [0.29, 0.717) is 5.56 Å². The van der Waals surface area contributed by atoms with Crippen molar-refractivity contribution >= 4 is 11.9 Å². The van der Waals surface area contributed by atoms with Crippen molar-refractivity contribution in [3.63, 3.8) is 0 Å². The van der Waals surface area contributed by atoms with Crippen LogP contribution in [0.15, 0.2) is 18.2 Å². The van der Waals surface area contributed by atoms with Gasteiger partial charge >= 0.3 is 5.97 Å². The van der Waals surface area contributed by atoms with E-state index in [1.807, 2.05) is 0 Å². The lowest BCUT2D eigenvalue weighted by Crippen LogP contribution is -2.27. The summed E-state index contributed by atoms with van der Waals surface area (Å²) in [4.78, 5) is 23.4. The Kier molecular flexibility index (Phi) is 2.58. The molecule has 2 aliphatic carbocycles. The molecule has 1 amide bonds. The van der Waals surface area contributed by atoms with E-state index in [2.05, 4.69) is 5.32 Å². The maximum Gasteiger partial charge on any atom is 0.335 e. The maximum absolute atomic E-state index is 12.1. The molecule has 1 aromatic carbocycles. The van der Waals surface area contributed by atoms with Gasteiger partial charge in [0.1, 0.15) is 0 Å². The smallest absolute Gasteiger partial charge is 0.335 e. The van der Waals surface area contributed by atoms with Crippen molar-refractivity contribution in [1.82, 2.24) is 5.32 Å². The molecule has 2 aliphatic rings. The number of hydrogen-bond acceptors (Lipinski definition) is 2. The Hall–Kier alpha value is -1.84. The number of carbonyl (C=O) groups is 2. The molecule has 2 saturated carbocycles. The summed E-state index contributed by atoms with van der Waals surface area (Å²) in [6, 6.07) is 5.26. The second-order valence-electron chi connectivity index (χ2n) is 5.09. The summed E-state index contributed by atoms with van der Waals surface area (Å²) in [5.41, 5.74) is 1.55. The molecule has 0 atom stereocenters. The molecule has 4 nitrogen and oxygen atoms in total. The van der Waals surface area contributed by atoms with Crippen molar-refractivity contribution in [3.8, 4) is 0 Å². The molecule has 4 heteroatoms. The Balaban J connectivity index is 1.98. The fourth-order valence-electron chi connectivity index (χ4n) is 2.25. The molecule has 0 saturated heterocycles. The zero-order chi connectivity index (χ0) is 12.7. The van der Waals surface area contributed by atoms with Gasteiger partial charge in [0.25, 0.3) is 5.91 Å². The van der Waals surface area contributed by atoms with Crippen molar-refractivity contribution in [2.75, 3.05) is 0 Å². The van der Waals surface area contributed by atoms with Crippen molar-refractivity contribution in [1.29, 1.82) is 0 Å². The number of carboxylic acid groups (broad SMARTS) is 1. The summed E-state index contributed by atoms with van der Waals surface area (Å²) in [6.45, 7) is 0. The highest BCUT2D eigenvalue weighted by atomic mass is 16.4. The van der Waals surface area contributed by atoms with Crippen LogP contribution < -0.4 is 5.32 Å². The molecular formula is C14H15NO3. The van der Waals surface area contributed by atoms with Crippen molar-refractivity contribution in [2.24, 2.45) is 0 Å². The standard InChI is InChI=1S/C14H15NO3/c16-13(15-9-6-7-9)10-2-1-3-11(14(17)18)12(10)8-4-5-8/h1-3,8-9H,4-7H2,(H,15,16)(H,17,18). The van der Waals surface area contributed by atoms with Crippen LogP contribution in [-0.4, -0.2) is 23.0 Å². The average Bonchev–Trinajstić information content (AvgIpc) is 3.21. The van der Waals surface area contributed by atoms with Crippen LogP contribution in [0.4, 0.5) is 0 Å². The van der Waals surface area contributed by atoms with E-state index in [0.717, 1.165) is 31.2 Å². The summed E-state index contributed by atoms with van der Waals surface area (Å²) in [6.07, 6.45) is 4.02. The number of rotatable bonds is 4. The van der Waals surface area contributed by atoms with Crippen molar-refractivity contribution in [2.45, 2.75) is 37.6 Å². The summed E-state index contributed by atoms with van der Waals surface area (Å²) >= 11 is 0. The predicted molar refractivity (Wildman–Crippen MR) is 65.9 cm³/mol.